The zero-order chi connectivity index (χ0) is 16.5. The Morgan fingerprint density at radius 2 is 2.21 bits per heavy atom. The van der Waals surface area contributed by atoms with Crippen LogP contribution in [0.2, 0.25) is 0 Å². The number of ether oxygens (including phenoxy) is 1. The number of carbonyl (C=O) groups is 1. The fraction of sp³-hybridized carbons (Fsp3) is 0.353. The van der Waals surface area contributed by atoms with E-state index in [4.69, 9.17) is 4.74 Å². The van der Waals surface area contributed by atoms with Gasteiger partial charge in [-0.2, -0.15) is 10.2 Å². The molecule has 1 amide bonds. The van der Waals surface area contributed by atoms with Crippen molar-refractivity contribution in [3.8, 4) is 5.88 Å². The number of hydrogen-bond donors (Lipinski definition) is 1. The number of benzene rings is 1. The van der Waals surface area contributed by atoms with E-state index in [1.807, 2.05) is 22.9 Å². The van der Waals surface area contributed by atoms with Crippen LogP contribution < -0.4 is 10.1 Å². The van der Waals surface area contributed by atoms with Gasteiger partial charge in [0.15, 0.2) is 5.69 Å². The molecule has 3 heterocycles. The molecule has 0 atom stereocenters. The molecule has 0 radical (unpaired) electrons. The first kappa shape index (κ1) is 14.7. The highest BCUT2D eigenvalue weighted by Gasteiger charge is 2.18. The smallest absolute Gasteiger partial charge is 0.271 e. The van der Waals surface area contributed by atoms with E-state index >= 15 is 0 Å². The van der Waals surface area contributed by atoms with Crippen LogP contribution in [0.5, 0.6) is 5.88 Å². The predicted molar refractivity (Wildman–Crippen MR) is 89.1 cm³/mol. The fourth-order valence-electron chi connectivity index (χ4n) is 2.97. The molecular weight excluding hydrogens is 306 g/mol. The van der Waals surface area contributed by atoms with Gasteiger partial charge in [-0.05, 0) is 19.4 Å². The maximum atomic E-state index is 12.1. The van der Waals surface area contributed by atoms with Gasteiger partial charge in [0, 0.05) is 30.2 Å². The third-order valence-electron chi connectivity index (χ3n) is 4.27. The first-order valence-electron chi connectivity index (χ1n) is 8.13. The summed E-state index contributed by atoms with van der Waals surface area (Å²) in [6.07, 6.45) is 0.810. The van der Waals surface area contributed by atoms with Gasteiger partial charge in [-0.15, -0.1) is 0 Å². The zero-order valence-electron chi connectivity index (χ0n) is 13.5. The molecule has 124 valence electrons. The van der Waals surface area contributed by atoms with Crippen LogP contribution in [0.25, 0.3) is 10.9 Å². The Balaban J connectivity index is 1.32. The fourth-order valence-corrected chi connectivity index (χ4v) is 2.97. The Kier molecular flexibility index (Phi) is 3.68. The maximum Gasteiger partial charge on any atom is 0.271 e. The van der Waals surface area contributed by atoms with E-state index in [0.29, 0.717) is 31.3 Å². The maximum absolute atomic E-state index is 12.1. The number of fused-ring (bicyclic) bond motifs is 2. The van der Waals surface area contributed by atoms with Crippen LogP contribution in [0.1, 0.15) is 22.6 Å². The third-order valence-corrected chi connectivity index (χ3v) is 4.27. The highest BCUT2D eigenvalue weighted by molar-refractivity contribution is 5.92. The van der Waals surface area contributed by atoms with E-state index in [1.165, 1.54) is 5.39 Å². The molecule has 7 nitrogen and oxygen atoms in total. The van der Waals surface area contributed by atoms with Crippen molar-refractivity contribution >= 4 is 16.8 Å². The Morgan fingerprint density at radius 3 is 3.04 bits per heavy atom. The first-order chi connectivity index (χ1) is 11.7. The van der Waals surface area contributed by atoms with Gasteiger partial charge in [-0.3, -0.25) is 9.48 Å². The minimum absolute atomic E-state index is 0.164. The largest absolute Gasteiger partial charge is 0.476 e. The predicted octanol–water partition coefficient (Wildman–Crippen LogP) is 1.75. The zero-order valence-corrected chi connectivity index (χ0v) is 13.5. The van der Waals surface area contributed by atoms with E-state index in [9.17, 15) is 4.79 Å². The summed E-state index contributed by atoms with van der Waals surface area (Å²) in [5, 5.41) is 12.9. The van der Waals surface area contributed by atoms with Crippen LogP contribution >= 0.6 is 0 Å². The molecule has 4 rings (SSSR count). The first-order valence-corrected chi connectivity index (χ1v) is 8.13. The number of nitrogens with one attached hydrogen (secondary N) is 1. The highest BCUT2D eigenvalue weighted by atomic mass is 16.5. The van der Waals surface area contributed by atoms with E-state index in [-0.39, 0.29) is 5.91 Å². The van der Waals surface area contributed by atoms with Crippen LogP contribution in [0.15, 0.2) is 30.3 Å². The van der Waals surface area contributed by atoms with Crippen molar-refractivity contribution in [2.24, 2.45) is 0 Å². The number of amides is 1. The van der Waals surface area contributed by atoms with Gasteiger partial charge in [0.1, 0.15) is 6.61 Å². The summed E-state index contributed by atoms with van der Waals surface area (Å²) in [4.78, 5) is 12.1. The minimum atomic E-state index is -0.164. The molecule has 2 aromatic heterocycles. The summed E-state index contributed by atoms with van der Waals surface area (Å²) in [5.74, 6) is 0.502. The van der Waals surface area contributed by atoms with E-state index in [2.05, 4.69) is 28.5 Å². The van der Waals surface area contributed by atoms with Crippen molar-refractivity contribution in [2.75, 3.05) is 13.2 Å². The van der Waals surface area contributed by atoms with Gasteiger partial charge in [-0.25, -0.2) is 4.68 Å². The molecule has 0 fully saturated rings. The molecule has 0 bridgehead atoms. The summed E-state index contributed by atoms with van der Waals surface area (Å²) in [5.41, 5.74) is 2.57. The summed E-state index contributed by atoms with van der Waals surface area (Å²) in [6.45, 7) is 4.75. The molecule has 3 aromatic rings. The summed E-state index contributed by atoms with van der Waals surface area (Å²) < 4.78 is 9.08. The number of aromatic nitrogens is 4. The lowest BCUT2D eigenvalue weighted by atomic mass is 10.2. The molecule has 7 heteroatoms. The summed E-state index contributed by atoms with van der Waals surface area (Å²) in [7, 11) is 0. The molecule has 1 N–H and O–H groups in total. The second-order valence-corrected chi connectivity index (χ2v) is 5.87. The van der Waals surface area contributed by atoms with Crippen LogP contribution in [0.4, 0.5) is 0 Å². The van der Waals surface area contributed by atoms with E-state index in [0.717, 1.165) is 24.2 Å². The molecule has 0 spiro atoms. The molecule has 0 saturated heterocycles. The lowest BCUT2D eigenvalue weighted by Gasteiger charge is -2.05. The van der Waals surface area contributed by atoms with Gasteiger partial charge in [0.05, 0.1) is 12.1 Å². The average molecular weight is 325 g/mol. The molecule has 0 unspecified atom stereocenters. The normalized spacial score (nSPS) is 13.0. The molecule has 24 heavy (non-hydrogen) atoms. The average Bonchev–Trinajstić information content (AvgIpc) is 3.26. The van der Waals surface area contributed by atoms with E-state index < -0.39 is 0 Å². The SMILES string of the molecule is Cc1c2ccccc2nn1CCCNC(=O)c1cc2n(n1)CCO2. The molecular formula is C17H19N5O2. The van der Waals surface area contributed by atoms with Crippen LogP contribution in [-0.4, -0.2) is 38.6 Å². The topological polar surface area (TPSA) is 74.0 Å². The molecule has 1 aromatic carbocycles. The quantitative estimate of drug-likeness (QED) is 0.725. The number of carbonyl (C=O) groups excluding carboxylic acids is 1. The number of nitrogens with zero attached hydrogens (tertiary/aromatic N) is 4. The van der Waals surface area contributed by atoms with Crippen molar-refractivity contribution in [1.29, 1.82) is 0 Å². The van der Waals surface area contributed by atoms with Crippen molar-refractivity contribution in [3.63, 3.8) is 0 Å². The Labute approximate surface area is 139 Å². The van der Waals surface area contributed by atoms with Crippen molar-refractivity contribution in [1.82, 2.24) is 24.9 Å². The Hall–Kier alpha value is -2.83. The van der Waals surface area contributed by atoms with Crippen LogP contribution in [-0.2, 0) is 13.1 Å². The lowest BCUT2D eigenvalue weighted by molar-refractivity contribution is 0.0946. The second-order valence-electron chi connectivity index (χ2n) is 5.87. The Morgan fingerprint density at radius 1 is 1.33 bits per heavy atom. The van der Waals surface area contributed by atoms with Crippen LogP contribution in [0, 0.1) is 6.92 Å². The summed E-state index contributed by atoms with van der Waals surface area (Å²) >= 11 is 0. The highest BCUT2D eigenvalue weighted by Crippen LogP contribution is 2.18. The van der Waals surface area contributed by atoms with Gasteiger partial charge in [-0.1, -0.05) is 18.2 Å². The van der Waals surface area contributed by atoms with Crippen LogP contribution in [0.3, 0.4) is 0 Å². The van der Waals surface area contributed by atoms with Gasteiger partial charge < -0.3 is 10.1 Å². The molecule has 0 saturated carbocycles. The monoisotopic (exact) mass is 325 g/mol. The van der Waals surface area contributed by atoms with E-state index in [1.54, 1.807) is 10.7 Å². The van der Waals surface area contributed by atoms with Crippen molar-refractivity contribution in [3.05, 3.63) is 41.7 Å². The standard InChI is InChI=1S/C17H19N5O2/c1-12-13-5-2-3-6-14(13)19-21(12)8-4-7-18-17(23)15-11-16-22(20-15)9-10-24-16/h2-3,5-6,11H,4,7-10H2,1H3,(H,18,23). The second kappa shape index (κ2) is 5.99. The molecule has 1 aliphatic rings. The Bertz CT molecular complexity index is 874. The van der Waals surface area contributed by atoms with Crippen molar-refractivity contribution < 1.29 is 9.53 Å². The number of hydrogen-bond acceptors (Lipinski definition) is 4. The number of rotatable bonds is 5. The van der Waals surface area contributed by atoms with Gasteiger partial charge in [0.25, 0.3) is 5.91 Å². The van der Waals surface area contributed by atoms with Gasteiger partial charge >= 0.3 is 0 Å². The van der Waals surface area contributed by atoms with Crippen molar-refractivity contribution in [2.45, 2.75) is 26.4 Å². The summed E-state index contributed by atoms with van der Waals surface area (Å²) in [6, 6.07) is 9.79. The van der Waals surface area contributed by atoms with Gasteiger partial charge in [0.2, 0.25) is 5.88 Å². The lowest BCUT2D eigenvalue weighted by Crippen LogP contribution is -2.26. The molecule has 0 aliphatic carbocycles. The number of aryl methyl sites for hydroxylation is 2. The molecule has 1 aliphatic heterocycles. The minimum Gasteiger partial charge on any atom is -0.476 e. The third kappa shape index (κ3) is 2.62.